The first-order valence-electron chi connectivity index (χ1n) is 24.7. The molecule has 0 amide bonds. The van der Waals surface area contributed by atoms with Gasteiger partial charge in [-0.15, -0.1) is 0 Å². The van der Waals surface area contributed by atoms with E-state index < -0.39 is 5.41 Å². The van der Waals surface area contributed by atoms with Crippen molar-refractivity contribution < 1.29 is 4.74 Å². The standard InChI is InChI=1S/C68H48N2O/c1-67(2)56-34-17-15-31-52(56)53-41-40-50(43-59(53)67)70(60-37-20-36-58-65(60)54-32-16-18-35-57(54)68(58,46-23-7-3-8-24-46)47-25-9-4-10-26-47)51-42-45-22-19-33-55-64(45)63(44-51)71-62-39-21-38-61(66(55)62)69(48-27-11-5-12-28-48)49-29-13-6-14-30-49/h3-44H,1-2H3. The van der Waals surface area contributed by atoms with E-state index in [1.54, 1.807) is 0 Å². The fourth-order valence-corrected chi connectivity index (χ4v) is 12.5. The van der Waals surface area contributed by atoms with Crippen LogP contribution >= 0.6 is 0 Å². The SMILES string of the molecule is CC1(C)c2ccccc2-c2ccc(N(c3cc4c5c(cccc5c3)-c3c(cccc3N(c3ccccc3)c3ccccc3)O4)c3cccc4c3-c3ccccc3C4(c3ccccc3)c3ccccc3)cc21. The van der Waals surface area contributed by atoms with Crippen molar-refractivity contribution in [1.82, 2.24) is 0 Å². The average Bonchev–Trinajstić information content (AvgIpc) is 3.87. The zero-order chi connectivity index (χ0) is 47.3. The first-order chi connectivity index (χ1) is 35.0. The minimum Gasteiger partial charge on any atom is -0.456 e. The van der Waals surface area contributed by atoms with Gasteiger partial charge < -0.3 is 14.5 Å². The number of ether oxygens (including phenoxy) is 1. The topological polar surface area (TPSA) is 15.7 Å². The summed E-state index contributed by atoms with van der Waals surface area (Å²) in [6.07, 6.45) is 0. The van der Waals surface area contributed by atoms with Crippen LogP contribution in [0, 0.1) is 0 Å². The lowest BCUT2D eigenvalue weighted by atomic mass is 9.68. The van der Waals surface area contributed by atoms with Crippen molar-refractivity contribution in [3.05, 3.63) is 288 Å². The van der Waals surface area contributed by atoms with Gasteiger partial charge in [0.05, 0.1) is 22.5 Å². The third kappa shape index (κ3) is 6.03. The van der Waals surface area contributed by atoms with Crippen LogP contribution in [-0.2, 0) is 10.8 Å². The molecule has 1 heterocycles. The van der Waals surface area contributed by atoms with Crippen LogP contribution in [0.2, 0.25) is 0 Å². The number of anilines is 6. The molecule has 11 aromatic rings. The maximum atomic E-state index is 7.27. The normalized spacial score (nSPS) is 13.8. The van der Waals surface area contributed by atoms with Crippen LogP contribution in [0.5, 0.6) is 11.5 Å². The molecule has 0 saturated heterocycles. The second-order valence-corrected chi connectivity index (χ2v) is 19.6. The summed E-state index contributed by atoms with van der Waals surface area (Å²) in [6.45, 7) is 4.74. The number of nitrogens with zero attached hydrogens (tertiary/aromatic N) is 2. The van der Waals surface area contributed by atoms with E-state index in [1.165, 1.54) is 55.6 Å². The molecule has 0 radical (unpaired) electrons. The molecule has 0 saturated carbocycles. The second kappa shape index (κ2) is 15.8. The van der Waals surface area contributed by atoms with Crippen molar-refractivity contribution in [2.24, 2.45) is 0 Å². The van der Waals surface area contributed by atoms with E-state index >= 15 is 0 Å². The number of rotatable bonds is 8. The maximum absolute atomic E-state index is 7.27. The van der Waals surface area contributed by atoms with Crippen molar-refractivity contribution in [3.8, 4) is 44.9 Å². The summed E-state index contributed by atoms with van der Waals surface area (Å²) in [5.74, 6) is 1.66. The van der Waals surface area contributed by atoms with E-state index in [4.69, 9.17) is 4.74 Å². The number of hydrogen-bond donors (Lipinski definition) is 0. The molecule has 0 spiro atoms. The Balaban J connectivity index is 1.02. The molecule has 11 aromatic carbocycles. The summed E-state index contributed by atoms with van der Waals surface area (Å²) < 4.78 is 7.27. The molecule has 0 N–H and O–H groups in total. The largest absolute Gasteiger partial charge is 0.456 e. The molecular formula is C68H48N2O. The summed E-state index contributed by atoms with van der Waals surface area (Å²) in [7, 11) is 0. The lowest BCUT2D eigenvalue weighted by Gasteiger charge is -2.35. The van der Waals surface area contributed by atoms with Gasteiger partial charge >= 0.3 is 0 Å². The summed E-state index contributed by atoms with van der Waals surface area (Å²) in [6, 6.07) is 93.3. The van der Waals surface area contributed by atoms with Crippen molar-refractivity contribution in [2.45, 2.75) is 24.7 Å². The van der Waals surface area contributed by atoms with E-state index in [0.717, 1.165) is 67.5 Å². The van der Waals surface area contributed by atoms with Gasteiger partial charge in [0.1, 0.15) is 11.5 Å². The molecule has 0 aromatic heterocycles. The van der Waals surface area contributed by atoms with Gasteiger partial charge in [0.2, 0.25) is 0 Å². The number of fused-ring (bicyclic) bond motifs is 8. The minimum absolute atomic E-state index is 0.198. The summed E-state index contributed by atoms with van der Waals surface area (Å²) in [5, 5.41) is 2.20. The molecule has 0 bridgehead atoms. The van der Waals surface area contributed by atoms with E-state index in [-0.39, 0.29) is 5.41 Å². The fourth-order valence-electron chi connectivity index (χ4n) is 12.5. The summed E-state index contributed by atoms with van der Waals surface area (Å²) >= 11 is 0. The van der Waals surface area contributed by atoms with Gasteiger partial charge in [0.25, 0.3) is 0 Å². The third-order valence-corrected chi connectivity index (χ3v) is 15.5. The molecule has 14 rings (SSSR count). The Labute approximate surface area is 415 Å². The van der Waals surface area contributed by atoms with Crippen molar-refractivity contribution >= 4 is 44.9 Å². The monoisotopic (exact) mass is 908 g/mol. The highest BCUT2D eigenvalue weighted by molar-refractivity contribution is 6.10. The van der Waals surface area contributed by atoms with E-state index in [9.17, 15) is 0 Å². The molecule has 1 aliphatic heterocycles. The highest BCUT2D eigenvalue weighted by Crippen LogP contribution is 2.61. The molecule has 71 heavy (non-hydrogen) atoms. The Morgan fingerprint density at radius 1 is 0.324 bits per heavy atom. The smallest absolute Gasteiger partial charge is 0.138 e. The molecule has 336 valence electrons. The highest BCUT2D eigenvalue weighted by atomic mass is 16.5. The predicted molar refractivity (Wildman–Crippen MR) is 294 cm³/mol. The predicted octanol–water partition coefficient (Wildman–Crippen LogP) is 18.2. The van der Waals surface area contributed by atoms with Crippen molar-refractivity contribution in [2.75, 3.05) is 9.80 Å². The quantitative estimate of drug-likeness (QED) is 0.151. The van der Waals surface area contributed by atoms with Crippen LogP contribution in [0.3, 0.4) is 0 Å². The Morgan fingerprint density at radius 3 is 1.54 bits per heavy atom. The third-order valence-electron chi connectivity index (χ3n) is 15.5. The lowest BCUT2D eigenvalue weighted by molar-refractivity contribution is 0.487. The Bertz CT molecular complexity index is 3800. The van der Waals surface area contributed by atoms with Gasteiger partial charge in [-0.05, 0) is 122 Å². The lowest BCUT2D eigenvalue weighted by Crippen LogP contribution is -2.28. The van der Waals surface area contributed by atoms with Crippen molar-refractivity contribution in [1.29, 1.82) is 0 Å². The summed E-state index contributed by atoms with van der Waals surface area (Å²) in [5.41, 5.74) is 20.7. The minimum atomic E-state index is -0.556. The van der Waals surface area contributed by atoms with E-state index in [0.29, 0.717) is 0 Å². The molecule has 0 atom stereocenters. The Morgan fingerprint density at radius 2 is 0.845 bits per heavy atom. The molecular weight excluding hydrogens is 861 g/mol. The van der Waals surface area contributed by atoms with Crippen LogP contribution in [0.4, 0.5) is 34.1 Å². The number of hydrogen-bond acceptors (Lipinski definition) is 3. The first-order valence-corrected chi connectivity index (χ1v) is 24.7. The Kier molecular flexibility index (Phi) is 9.15. The Hall–Kier alpha value is -8.92. The van der Waals surface area contributed by atoms with Crippen LogP contribution in [-0.4, -0.2) is 0 Å². The molecule has 0 unspecified atom stereocenters. The molecule has 3 nitrogen and oxygen atoms in total. The van der Waals surface area contributed by atoms with Gasteiger partial charge in [0, 0.05) is 45.1 Å². The average molecular weight is 909 g/mol. The highest BCUT2D eigenvalue weighted by Gasteiger charge is 2.47. The number of para-hydroxylation sites is 2. The first kappa shape index (κ1) is 41.1. The van der Waals surface area contributed by atoms with Gasteiger partial charge in [-0.3, -0.25) is 0 Å². The fraction of sp³-hybridized carbons (Fsp3) is 0.0588. The second-order valence-electron chi connectivity index (χ2n) is 19.6. The van der Waals surface area contributed by atoms with Crippen LogP contribution in [0.1, 0.15) is 47.2 Å². The maximum Gasteiger partial charge on any atom is 0.138 e. The van der Waals surface area contributed by atoms with Gasteiger partial charge in [0.15, 0.2) is 0 Å². The van der Waals surface area contributed by atoms with E-state index in [1.807, 2.05) is 0 Å². The van der Waals surface area contributed by atoms with Gasteiger partial charge in [-0.2, -0.15) is 0 Å². The molecule has 0 fully saturated rings. The zero-order valence-electron chi connectivity index (χ0n) is 39.6. The van der Waals surface area contributed by atoms with E-state index in [2.05, 4.69) is 278 Å². The zero-order valence-corrected chi connectivity index (χ0v) is 39.6. The molecule has 2 aliphatic carbocycles. The molecule has 3 aliphatic rings. The van der Waals surface area contributed by atoms with Gasteiger partial charge in [-0.25, -0.2) is 0 Å². The van der Waals surface area contributed by atoms with Crippen LogP contribution in [0.25, 0.3) is 44.2 Å². The van der Waals surface area contributed by atoms with Crippen LogP contribution < -0.4 is 14.5 Å². The molecule has 3 heteroatoms. The number of benzene rings is 11. The van der Waals surface area contributed by atoms with Gasteiger partial charge in [-0.1, -0.05) is 202 Å². The van der Waals surface area contributed by atoms with Crippen LogP contribution in [0.15, 0.2) is 255 Å². The van der Waals surface area contributed by atoms with Crippen molar-refractivity contribution in [3.63, 3.8) is 0 Å². The summed E-state index contributed by atoms with van der Waals surface area (Å²) in [4.78, 5) is 4.85.